The number of unbranched alkanes of at least 4 members (excludes halogenated alkanes) is 1. The van der Waals surface area contributed by atoms with Gasteiger partial charge in [0.05, 0.1) is 11.6 Å². The predicted octanol–water partition coefficient (Wildman–Crippen LogP) is 4.31. The van der Waals surface area contributed by atoms with Crippen LogP contribution in [0.25, 0.3) is 5.57 Å². The van der Waals surface area contributed by atoms with Gasteiger partial charge in [-0.05, 0) is 60.7 Å². The summed E-state index contributed by atoms with van der Waals surface area (Å²) in [6.07, 6.45) is 11.2. The SMILES string of the molecule is C=CN.CCCCN(CC1C=CC(c2ccccc2/C(N)=N/NN)=CC1)c1cccc(C#N)c1C. The monoisotopic (exact) mass is 471 g/mol. The van der Waals surface area contributed by atoms with Crippen LogP contribution < -0.4 is 27.7 Å². The van der Waals surface area contributed by atoms with Gasteiger partial charge in [-0.15, -0.1) is 5.10 Å². The van der Waals surface area contributed by atoms with Gasteiger partial charge in [0.2, 0.25) is 0 Å². The Morgan fingerprint density at radius 1 is 1.29 bits per heavy atom. The molecule has 1 aliphatic carbocycles. The molecule has 1 aliphatic rings. The highest BCUT2D eigenvalue weighted by atomic mass is 15.5. The largest absolute Gasteiger partial charge is 0.405 e. The molecule has 0 aromatic heterocycles. The highest BCUT2D eigenvalue weighted by molar-refractivity contribution is 6.02. The van der Waals surface area contributed by atoms with E-state index in [1.807, 2.05) is 37.3 Å². The highest BCUT2D eigenvalue weighted by Crippen LogP contribution is 2.30. The van der Waals surface area contributed by atoms with Crippen LogP contribution in [0.3, 0.4) is 0 Å². The summed E-state index contributed by atoms with van der Waals surface area (Å²) in [7, 11) is 0. The number of nitrogens with one attached hydrogen (secondary N) is 1. The normalized spacial score (nSPS) is 14.7. The third-order valence-electron chi connectivity index (χ3n) is 5.89. The molecule has 1 unspecified atom stereocenters. The van der Waals surface area contributed by atoms with Crippen molar-refractivity contribution in [1.29, 1.82) is 5.26 Å². The molecular formula is C28H37N7. The molecule has 35 heavy (non-hydrogen) atoms. The molecule has 2 aromatic carbocycles. The van der Waals surface area contributed by atoms with Crippen molar-refractivity contribution in [1.82, 2.24) is 5.53 Å². The van der Waals surface area contributed by atoms with Crippen LogP contribution in [-0.2, 0) is 0 Å². The zero-order valence-electron chi connectivity index (χ0n) is 20.7. The number of hydrogen-bond acceptors (Lipinski definition) is 6. The van der Waals surface area contributed by atoms with E-state index in [0.29, 0.717) is 11.8 Å². The second-order valence-electron chi connectivity index (χ2n) is 8.28. The molecule has 0 aliphatic heterocycles. The molecule has 1 atom stereocenters. The van der Waals surface area contributed by atoms with Crippen LogP contribution in [0.15, 0.2) is 78.6 Å². The molecule has 0 fully saturated rings. The van der Waals surface area contributed by atoms with Gasteiger partial charge in [0.1, 0.15) is 0 Å². The van der Waals surface area contributed by atoms with Gasteiger partial charge in [-0.3, -0.25) is 0 Å². The first-order chi connectivity index (χ1) is 17.0. The Morgan fingerprint density at radius 3 is 2.66 bits per heavy atom. The lowest BCUT2D eigenvalue weighted by atomic mass is 9.90. The molecule has 7 heteroatoms. The Balaban J connectivity index is 0.00000137. The van der Waals surface area contributed by atoms with Crippen LogP contribution in [0, 0.1) is 24.2 Å². The average molecular weight is 472 g/mol. The topological polar surface area (TPSA) is 129 Å². The Morgan fingerprint density at radius 2 is 2.03 bits per heavy atom. The van der Waals surface area contributed by atoms with Crippen LogP contribution in [0.1, 0.15) is 48.4 Å². The molecule has 0 saturated carbocycles. The Labute approximate surface area is 209 Å². The molecule has 0 spiro atoms. The zero-order valence-corrected chi connectivity index (χ0v) is 20.7. The summed E-state index contributed by atoms with van der Waals surface area (Å²) in [6.45, 7) is 9.28. The quantitative estimate of drug-likeness (QED) is 0.187. The molecule has 0 heterocycles. The second-order valence-corrected chi connectivity index (χ2v) is 8.28. The molecule has 7 N–H and O–H groups in total. The van der Waals surface area contributed by atoms with Crippen molar-refractivity contribution < 1.29 is 0 Å². The highest BCUT2D eigenvalue weighted by Gasteiger charge is 2.18. The van der Waals surface area contributed by atoms with E-state index in [-0.39, 0.29) is 0 Å². The molecular weight excluding hydrogens is 434 g/mol. The lowest BCUT2D eigenvalue weighted by Gasteiger charge is -2.30. The molecule has 2 aromatic rings. The zero-order chi connectivity index (χ0) is 25.6. The minimum Gasteiger partial charge on any atom is -0.405 e. The van der Waals surface area contributed by atoms with Crippen molar-refractivity contribution in [3.05, 3.63) is 95.7 Å². The number of allylic oxidation sites excluding steroid dienone is 3. The van der Waals surface area contributed by atoms with Crippen LogP contribution >= 0.6 is 0 Å². The molecule has 0 saturated heterocycles. The minimum absolute atomic E-state index is 0.359. The van der Waals surface area contributed by atoms with E-state index in [9.17, 15) is 5.26 Å². The Bertz CT molecular complexity index is 1110. The van der Waals surface area contributed by atoms with Crippen molar-refractivity contribution in [2.75, 3.05) is 18.0 Å². The fraction of sp³-hybridized carbons (Fsp3) is 0.286. The lowest BCUT2D eigenvalue weighted by Crippen LogP contribution is -2.31. The van der Waals surface area contributed by atoms with E-state index in [0.717, 1.165) is 65.9 Å². The van der Waals surface area contributed by atoms with Gasteiger partial charge in [-0.2, -0.15) is 5.26 Å². The summed E-state index contributed by atoms with van der Waals surface area (Å²) in [4.78, 5) is 2.43. The number of benzene rings is 2. The third kappa shape index (κ3) is 7.49. The van der Waals surface area contributed by atoms with Gasteiger partial charge < -0.3 is 16.4 Å². The van der Waals surface area contributed by atoms with E-state index in [1.165, 1.54) is 6.20 Å². The maximum Gasteiger partial charge on any atom is 0.152 e. The number of hydrazine groups is 1. The number of nitriles is 1. The van der Waals surface area contributed by atoms with Gasteiger partial charge in [0.25, 0.3) is 0 Å². The number of hydrogen-bond donors (Lipinski definition) is 4. The van der Waals surface area contributed by atoms with Crippen molar-refractivity contribution in [3.63, 3.8) is 0 Å². The van der Waals surface area contributed by atoms with Crippen molar-refractivity contribution >= 4 is 17.1 Å². The van der Waals surface area contributed by atoms with Gasteiger partial charge >= 0.3 is 0 Å². The fourth-order valence-corrected chi connectivity index (χ4v) is 4.12. The summed E-state index contributed by atoms with van der Waals surface area (Å²) >= 11 is 0. The summed E-state index contributed by atoms with van der Waals surface area (Å²) in [6, 6.07) is 16.3. The van der Waals surface area contributed by atoms with Gasteiger partial charge in [0, 0.05) is 24.3 Å². The van der Waals surface area contributed by atoms with E-state index >= 15 is 0 Å². The first-order valence-corrected chi connectivity index (χ1v) is 11.8. The summed E-state index contributed by atoms with van der Waals surface area (Å²) in [5.74, 6) is 6.06. The number of anilines is 1. The molecule has 0 amide bonds. The Hall–Kier alpha value is -4.02. The Kier molecular flexibility index (Phi) is 11.1. The van der Waals surface area contributed by atoms with Crippen LogP contribution in [-0.4, -0.2) is 18.9 Å². The number of hydrazone groups is 1. The summed E-state index contributed by atoms with van der Waals surface area (Å²) < 4.78 is 0. The molecule has 7 nitrogen and oxygen atoms in total. The molecule has 0 bridgehead atoms. The first kappa shape index (κ1) is 27.2. The number of amidine groups is 1. The number of rotatable bonds is 9. The van der Waals surface area contributed by atoms with Crippen molar-refractivity contribution in [2.45, 2.75) is 33.1 Å². The average Bonchev–Trinajstić information content (AvgIpc) is 2.88. The van der Waals surface area contributed by atoms with Crippen molar-refractivity contribution in [3.8, 4) is 6.07 Å². The summed E-state index contributed by atoms with van der Waals surface area (Å²) in [5, 5.41) is 13.4. The molecule has 3 rings (SSSR count). The maximum atomic E-state index is 9.44. The lowest BCUT2D eigenvalue weighted by molar-refractivity contribution is 0.602. The van der Waals surface area contributed by atoms with E-state index in [1.54, 1.807) is 0 Å². The predicted molar refractivity (Wildman–Crippen MR) is 147 cm³/mol. The van der Waals surface area contributed by atoms with E-state index in [2.05, 4.69) is 71.2 Å². The second kappa shape index (κ2) is 14.3. The van der Waals surface area contributed by atoms with Crippen molar-refractivity contribution in [2.24, 2.45) is 28.3 Å². The summed E-state index contributed by atoms with van der Waals surface area (Å²) in [5.41, 5.74) is 18.9. The third-order valence-corrected chi connectivity index (χ3v) is 5.89. The van der Waals surface area contributed by atoms with E-state index in [4.69, 9.17) is 11.6 Å². The number of nitrogens with two attached hydrogens (primary N) is 3. The van der Waals surface area contributed by atoms with Gasteiger partial charge in [-0.25, -0.2) is 11.4 Å². The smallest absolute Gasteiger partial charge is 0.152 e. The van der Waals surface area contributed by atoms with E-state index < -0.39 is 0 Å². The number of nitrogens with zero attached hydrogens (tertiary/aromatic N) is 3. The van der Waals surface area contributed by atoms with Crippen LogP contribution in [0.5, 0.6) is 0 Å². The minimum atomic E-state index is 0.359. The van der Waals surface area contributed by atoms with Gasteiger partial charge in [0.15, 0.2) is 5.84 Å². The maximum absolute atomic E-state index is 9.44. The van der Waals surface area contributed by atoms with Crippen LogP contribution in [0.4, 0.5) is 5.69 Å². The molecule has 184 valence electrons. The first-order valence-electron chi connectivity index (χ1n) is 11.8. The fourth-order valence-electron chi connectivity index (χ4n) is 4.12. The van der Waals surface area contributed by atoms with Crippen LogP contribution in [0.2, 0.25) is 0 Å². The standard InChI is InChI=1S/C26H32N6.C2H5N/c1-3-4-16-32(25-11-7-8-22(17-27)19(25)2)18-20-12-14-21(15-13-20)23-9-5-6-10-24(23)26(28)30-31-29;1-2-3/h5-12,14-15,20,31H,3-4,13,16,18,29H2,1-2H3,(H2,28,30);2H,1,3H2. The van der Waals surface area contributed by atoms with Gasteiger partial charge in [-0.1, -0.05) is 68.5 Å². The molecule has 0 radical (unpaired) electrons.